The van der Waals surface area contributed by atoms with Crippen LogP contribution in [0.4, 0.5) is 0 Å². The highest BCUT2D eigenvalue weighted by atomic mass is 35.5. The van der Waals surface area contributed by atoms with Gasteiger partial charge in [-0.25, -0.2) is 4.79 Å². The Morgan fingerprint density at radius 3 is 1.97 bits per heavy atom. The minimum Gasteiger partial charge on any atom is -0.484 e. The molecule has 1 aliphatic rings. The Labute approximate surface area is 229 Å². The van der Waals surface area contributed by atoms with Crippen molar-refractivity contribution in [2.75, 3.05) is 6.61 Å². The van der Waals surface area contributed by atoms with Crippen molar-refractivity contribution in [3.63, 3.8) is 0 Å². The Bertz CT molecular complexity index is 1240. The molecule has 10 heteroatoms. The fraction of sp³-hybridized carbons (Fsp3) is 0.214. The fourth-order valence-corrected chi connectivity index (χ4v) is 5.24. The molecule has 3 atom stereocenters. The van der Waals surface area contributed by atoms with Crippen LogP contribution in [0.1, 0.15) is 24.2 Å². The Kier molecular flexibility index (Phi) is 9.04. The van der Waals surface area contributed by atoms with Crippen LogP contribution in [0.3, 0.4) is 0 Å². The lowest BCUT2D eigenvalue weighted by atomic mass is 10.0. The van der Waals surface area contributed by atoms with Gasteiger partial charge in [0.05, 0.1) is 0 Å². The molecule has 1 fully saturated rings. The molecule has 1 aliphatic heterocycles. The van der Waals surface area contributed by atoms with Gasteiger partial charge in [-0.15, -0.1) is 0 Å². The van der Waals surface area contributed by atoms with E-state index >= 15 is 0 Å². The molecule has 0 bridgehead atoms. The Hall–Kier alpha value is -3.82. The summed E-state index contributed by atoms with van der Waals surface area (Å²) < 4.78 is 11.2. The van der Waals surface area contributed by atoms with Gasteiger partial charge in [-0.2, -0.15) is 0 Å². The zero-order valence-electron chi connectivity index (χ0n) is 20.4. The summed E-state index contributed by atoms with van der Waals surface area (Å²) >= 11 is 7.23. The number of alkyl halides is 1. The molecular formula is C28H25ClN2O6S. The van der Waals surface area contributed by atoms with Crippen molar-refractivity contribution in [3.8, 4) is 5.75 Å². The Morgan fingerprint density at radius 2 is 1.45 bits per heavy atom. The smallest absolute Gasteiger partial charge is 0.345 e. The maximum absolute atomic E-state index is 13.1. The molecule has 0 spiro atoms. The lowest BCUT2D eigenvalue weighted by molar-refractivity contribution is -0.162. The van der Waals surface area contributed by atoms with E-state index in [-0.39, 0.29) is 11.7 Å². The molecule has 0 radical (unpaired) electrons. The molecule has 1 saturated heterocycles. The van der Waals surface area contributed by atoms with Crippen LogP contribution in [-0.4, -0.2) is 51.3 Å². The number of nitrogens with one attached hydrogen (secondary N) is 1. The van der Waals surface area contributed by atoms with Gasteiger partial charge < -0.3 is 14.8 Å². The Morgan fingerprint density at radius 1 is 0.921 bits per heavy atom. The van der Waals surface area contributed by atoms with Crippen molar-refractivity contribution in [1.82, 2.24) is 10.2 Å². The van der Waals surface area contributed by atoms with Gasteiger partial charge in [0.1, 0.15) is 17.2 Å². The molecule has 0 aromatic heterocycles. The first-order chi connectivity index (χ1) is 18.3. The van der Waals surface area contributed by atoms with Crippen LogP contribution < -0.4 is 10.1 Å². The maximum Gasteiger partial charge on any atom is 0.345 e. The topological polar surface area (TPSA) is 102 Å². The predicted octanol–water partition coefficient (Wildman–Crippen LogP) is 3.90. The van der Waals surface area contributed by atoms with Crippen LogP contribution in [0.5, 0.6) is 5.75 Å². The molecule has 1 N–H and O–H groups in total. The normalized spacial score (nSPS) is 17.3. The third-order valence-corrected chi connectivity index (χ3v) is 7.13. The van der Waals surface area contributed by atoms with E-state index in [0.29, 0.717) is 5.75 Å². The number of para-hydroxylation sites is 1. The van der Waals surface area contributed by atoms with Crippen LogP contribution in [-0.2, 0) is 23.9 Å². The van der Waals surface area contributed by atoms with Gasteiger partial charge in [0.2, 0.25) is 5.50 Å². The van der Waals surface area contributed by atoms with E-state index in [9.17, 15) is 19.2 Å². The van der Waals surface area contributed by atoms with E-state index in [0.717, 1.165) is 27.8 Å². The molecule has 2 amide bonds. The predicted molar refractivity (Wildman–Crippen MR) is 143 cm³/mol. The molecule has 0 aliphatic carbocycles. The number of likely N-dealkylation sites (tertiary alicyclic amines) is 1. The largest absolute Gasteiger partial charge is 0.484 e. The van der Waals surface area contributed by atoms with Gasteiger partial charge in [-0.1, -0.05) is 102 Å². The Balaban J connectivity index is 1.44. The molecule has 1 unspecified atom stereocenters. The number of hydrogen-bond donors (Lipinski definition) is 1. The van der Waals surface area contributed by atoms with Crippen molar-refractivity contribution in [2.45, 2.75) is 29.9 Å². The van der Waals surface area contributed by atoms with E-state index in [1.807, 2.05) is 66.7 Å². The summed E-state index contributed by atoms with van der Waals surface area (Å²) in [6, 6.07) is 25.9. The second kappa shape index (κ2) is 12.6. The zero-order chi connectivity index (χ0) is 27.1. The number of esters is 1. The second-order valence-electron chi connectivity index (χ2n) is 8.37. The summed E-state index contributed by atoms with van der Waals surface area (Å²) in [6.07, 6.45) is -0.757. The van der Waals surface area contributed by atoms with Gasteiger partial charge >= 0.3 is 5.97 Å². The first-order valence-corrected chi connectivity index (χ1v) is 13.1. The molecule has 1 heterocycles. The van der Waals surface area contributed by atoms with Crippen LogP contribution in [0, 0.1) is 0 Å². The highest BCUT2D eigenvalue weighted by Crippen LogP contribution is 2.35. The van der Waals surface area contributed by atoms with Crippen molar-refractivity contribution in [2.24, 2.45) is 0 Å². The minimum atomic E-state index is -1.51. The molecule has 8 nitrogen and oxygen atoms in total. The summed E-state index contributed by atoms with van der Waals surface area (Å²) in [7, 11) is 0. The number of carbonyl (C=O) groups is 4. The lowest BCUT2D eigenvalue weighted by Gasteiger charge is -2.47. The van der Waals surface area contributed by atoms with Gasteiger partial charge in [-0.3, -0.25) is 19.3 Å². The van der Waals surface area contributed by atoms with E-state index in [1.165, 1.54) is 6.92 Å². The fourth-order valence-electron chi connectivity index (χ4n) is 3.91. The average molecular weight is 553 g/mol. The van der Waals surface area contributed by atoms with Crippen molar-refractivity contribution in [3.05, 3.63) is 102 Å². The van der Waals surface area contributed by atoms with Crippen LogP contribution >= 0.6 is 23.4 Å². The number of nitrogens with zero attached hydrogens (tertiary/aromatic N) is 1. The molecule has 3 aromatic rings. The SMILES string of the molecule is CC(=O)S[C@H]1[C@@H](NC(=O)COc2ccccc2)C(=O)N1C(Cl)C(=O)OC(c1ccccc1)c1ccccc1. The number of thioether (sulfide) groups is 1. The number of carbonyl (C=O) groups excluding carboxylic acids is 4. The number of benzene rings is 3. The first kappa shape index (κ1) is 27.2. The first-order valence-electron chi connectivity index (χ1n) is 11.8. The van der Waals surface area contributed by atoms with E-state index < -0.39 is 40.8 Å². The zero-order valence-corrected chi connectivity index (χ0v) is 21.9. The summed E-state index contributed by atoms with van der Waals surface area (Å²) in [6.45, 7) is 0.999. The van der Waals surface area contributed by atoms with Gasteiger partial charge in [0, 0.05) is 6.92 Å². The number of rotatable bonds is 10. The van der Waals surface area contributed by atoms with Gasteiger partial charge in [0.25, 0.3) is 11.8 Å². The quantitative estimate of drug-likeness (QED) is 0.176. The number of ether oxygens (including phenoxy) is 2. The number of amides is 2. The van der Waals surface area contributed by atoms with Crippen LogP contribution in [0.15, 0.2) is 91.0 Å². The number of hydrogen-bond acceptors (Lipinski definition) is 7. The minimum absolute atomic E-state index is 0.309. The molecule has 3 aromatic carbocycles. The summed E-state index contributed by atoms with van der Waals surface area (Å²) in [4.78, 5) is 51.5. The molecule has 0 saturated carbocycles. The molecule has 38 heavy (non-hydrogen) atoms. The molecular weight excluding hydrogens is 528 g/mol. The molecule has 196 valence electrons. The lowest BCUT2D eigenvalue weighted by Crippen LogP contribution is -2.72. The third-order valence-electron chi connectivity index (χ3n) is 5.67. The summed E-state index contributed by atoms with van der Waals surface area (Å²) in [5.41, 5.74) is -0.0591. The van der Waals surface area contributed by atoms with Crippen LogP contribution in [0.2, 0.25) is 0 Å². The highest BCUT2D eigenvalue weighted by molar-refractivity contribution is 8.14. The van der Waals surface area contributed by atoms with Gasteiger partial charge in [-0.05, 0) is 23.3 Å². The van der Waals surface area contributed by atoms with Gasteiger partial charge in [0.15, 0.2) is 17.8 Å². The van der Waals surface area contributed by atoms with E-state index in [4.69, 9.17) is 21.1 Å². The maximum atomic E-state index is 13.1. The molecule has 4 rings (SSSR count). The van der Waals surface area contributed by atoms with Crippen LogP contribution in [0.25, 0.3) is 0 Å². The second-order valence-corrected chi connectivity index (χ2v) is 10.1. The van der Waals surface area contributed by atoms with E-state index in [2.05, 4.69) is 5.32 Å². The summed E-state index contributed by atoms with van der Waals surface area (Å²) in [5.74, 6) is -1.52. The highest BCUT2D eigenvalue weighted by Gasteiger charge is 2.54. The average Bonchev–Trinajstić information content (AvgIpc) is 2.94. The third kappa shape index (κ3) is 6.54. The van der Waals surface area contributed by atoms with Crippen molar-refractivity contribution < 1.29 is 28.7 Å². The summed E-state index contributed by atoms with van der Waals surface area (Å²) in [5, 5.41) is 1.37. The van der Waals surface area contributed by atoms with Crippen molar-refractivity contribution >= 4 is 46.3 Å². The standard InChI is InChI=1S/C28H25ClN2O6S/c1-18(32)38-27-23(30-22(33)17-36-21-15-9-4-10-16-21)26(34)31(27)25(29)28(35)37-24(19-11-5-2-6-12-19)20-13-7-3-8-14-20/h2-16,23-25,27H,17H2,1H3,(H,30,33)/t23-,25?,27-/m0/s1. The number of halogens is 1. The monoisotopic (exact) mass is 552 g/mol. The van der Waals surface area contributed by atoms with Crippen molar-refractivity contribution in [1.29, 1.82) is 0 Å². The number of β-lactam (4-membered cyclic amide) rings is 1. The van der Waals surface area contributed by atoms with E-state index in [1.54, 1.807) is 24.3 Å².